The largest absolute Gasteiger partial charge is 0.0654 e. The molecule has 0 heterocycles. The van der Waals surface area contributed by atoms with Gasteiger partial charge in [-0.05, 0) is 23.7 Å². The quantitative estimate of drug-likeness (QED) is 0.522. The van der Waals surface area contributed by atoms with E-state index >= 15 is 0 Å². The molecule has 0 aromatic rings. The lowest BCUT2D eigenvalue weighted by molar-refractivity contribution is 0.142. The fraction of sp³-hybridized carbons (Fsp3) is 1.00. The van der Waals surface area contributed by atoms with Gasteiger partial charge in [0.1, 0.15) is 0 Å². The maximum atomic E-state index is 2.44. The highest BCUT2D eigenvalue weighted by Gasteiger charge is 2.28. The highest BCUT2D eigenvalue weighted by atomic mass is 14.3. The van der Waals surface area contributed by atoms with Crippen LogP contribution in [-0.2, 0) is 0 Å². The first kappa shape index (κ1) is 14.0. The average molecular weight is 198 g/mol. The van der Waals surface area contributed by atoms with Gasteiger partial charge in [0.2, 0.25) is 0 Å². The third-order valence-electron chi connectivity index (χ3n) is 4.00. The lowest BCUT2D eigenvalue weighted by Gasteiger charge is -2.36. The monoisotopic (exact) mass is 198 g/mol. The van der Waals surface area contributed by atoms with Crippen LogP contribution in [0.15, 0.2) is 0 Å². The minimum Gasteiger partial charge on any atom is -0.0654 e. The summed E-state index contributed by atoms with van der Waals surface area (Å²) in [4.78, 5) is 0. The summed E-state index contributed by atoms with van der Waals surface area (Å²) in [6.45, 7) is 14.3. The molecule has 0 amide bonds. The van der Waals surface area contributed by atoms with E-state index in [1.165, 1.54) is 32.1 Å². The number of hydrogen-bond donors (Lipinski definition) is 0. The Morgan fingerprint density at radius 2 is 1.57 bits per heavy atom. The Hall–Kier alpha value is 0. The van der Waals surface area contributed by atoms with Gasteiger partial charge in [0.05, 0.1) is 0 Å². The van der Waals surface area contributed by atoms with Crippen molar-refractivity contribution >= 4 is 0 Å². The van der Waals surface area contributed by atoms with E-state index in [9.17, 15) is 0 Å². The highest BCUT2D eigenvalue weighted by molar-refractivity contribution is 4.78. The molecule has 0 radical (unpaired) electrons. The molecule has 14 heavy (non-hydrogen) atoms. The Bertz CT molecular complexity index is 135. The van der Waals surface area contributed by atoms with Crippen molar-refractivity contribution < 1.29 is 0 Å². The van der Waals surface area contributed by atoms with Gasteiger partial charge in [0.15, 0.2) is 0 Å². The van der Waals surface area contributed by atoms with E-state index < -0.39 is 0 Å². The number of hydrogen-bond acceptors (Lipinski definition) is 0. The van der Waals surface area contributed by atoms with Gasteiger partial charge in [-0.15, -0.1) is 0 Å². The predicted molar refractivity (Wildman–Crippen MR) is 66.5 cm³/mol. The number of rotatable bonds is 7. The lowest BCUT2D eigenvalue weighted by atomic mass is 9.70. The fourth-order valence-electron chi connectivity index (χ4n) is 2.34. The topological polar surface area (TPSA) is 0 Å². The first-order valence-electron chi connectivity index (χ1n) is 6.45. The van der Waals surface area contributed by atoms with Crippen molar-refractivity contribution in [3.05, 3.63) is 0 Å². The van der Waals surface area contributed by atoms with E-state index in [1.54, 1.807) is 0 Å². The van der Waals surface area contributed by atoms with Crippen LogP contribution in [0.1, 0.15) is 73.6 Å². The molecule has 0 aliphatic carbocycles. The molecule has 0 saturated heterocycles. The van der Waals surface area contributed by atoms with Gasteiger partial charge in [-0.25, -0.2) is 0 Å². The summed E-state index contributed by atoms with van der Waals surface area (Å²) >= 11 is 0. The normalized spacial score (nSPS) is 16.7. The summed E-state index contributed by atoms with van der Waals surface area (Å²) in [6, 6.07) is 0. The van der Waals surface area contributed by atoms with E-state index in [1.807, 2.05) is 0 Å². The average Bonchev–Trinajstić information content (AvgIpc) is 2.14. The summed E-state index contributed by atoms with van der Waals surface area (Å²) in [5.41, 5.74) is 0.532. The molecule has 0 aliphatic heterocycles. The maximum Gasteiger partial charge on any atom is -0.0326 e. The molecule has 0 rings (SSSR count). The van der Waals surface area contributed by atoms with Gasteiger partial charge in [0, 0.05) is 0 Å². The summed E-state index contributed by atoms with van der Waals surface area (Å²) in [5.74, 6) is 1.74. The zero-order chi connectivity index (χ0) is 11.2. The zero-order valence-electron chi connectivity index (χ0n) is 11.2. The molecule has 0 bridgehead atoms. The van der Waals surface area contributed by atoms with Gasteiger partial charge in [-0.2, -0.15) is 0 Å². The Morgan fingerprint density at radius 3 is 2.00 bits per heavy atom. The van der Waals surface area contributed by atoms with Crippen LogP contribution in [0, 0.1) is 17.3 Å². The molecule has 0 saturated carbocycles. The van der Waals surface area contributed by atoms with Crippen molar-refractivity contribution in [3.8, 4) is 0 Å². The Kier molecular flexibility index (Phi) is 6.48. The van der Waals surface area contributed by atoms with Crippen molar-refractivity contribution in [1.29, 1.82) is 0 Å². The van der Waals surface area contributed by atoms with Crippen LogP contribution in [0.2, 0.25) is 0 Å². The van der Waals surface area contributed by atoms with E-state index in [-0.39, 0.29) is 0 Å². The van der Waals surface area contributed by atoms with Crippen molar-refractivity contribution in [1.82, 2.24) is 0 Å². The first-order chi connectivity index (χ1) is 6.45. The zero-order valence-corrected chi connectivity index (χ0v) is 11.2. The van der Waals surface area contributed by atoms with Crippen molar-refractivity contribution in [3.63, 3.8) is 0 Å². The second-order valence-electron chi connectivity index (χ2n) is 5.65. The van der Waals surface area contributed by atoms with Crippen LogP contribution < -0.4 is 0 Å². The lowest BCUT2D eigenvalue weighted by Crippen LogP contribution is -2.27. The van der Waals surface area contributed by atoms with Crippen LogP contribution in [0.5, 0.6) is 0 Å². The molecule has 0 fully saturated rings. The molecule has 0 N–H and O–H groups in total. The minimum absolute atomic E-state index is 0.532. The fourth-order valence-corrected chi connectivity index (χ4v) is 2.34. The van der Waals surface area contributed by atoms with Crippen LogP contribution in [-0.4, -0.2) is 0 Å². The smallest absolute Gasteiger partial charge is 0.0326 e. The van der Waals surface area contributed by atoms with Gasteiger partial charge < -0.3 is 0 Å². The molecule has 2 atom stereocenters. The Labute approximate surface area is 91.5 Å². The minimum atomic E-state index is 0.532. The molecule has 0 aliphatic rings. The molecule has 0 aromatic carbocycles. The maximum absolute atomic E-state index is 2.44. The standard InChI is InChI=1S/C14H30/c1-7-9-11-14(5,6)13(4)12(3)10-8-2/h12-13H,7-11H2,1-6H3. The molecular formula is C14H30. The summed E-state index contributed by atoms with van der Waals surface area (Å²) in [5, 5.41) is 0. The molecular weight excluding hydrogens is 168 g/mol. The van der Waals surface area contributed by atoms with Crippen molar-refractivity contribution in [2.75, 3.05) is 0 Å². The summed E-state index contributed by atoms with van der Waals surface area (Å²) in [7, 11) is 0. The van der Waals surface area contributed by atoms with E-state index in [2.05, 4.69) is 41.5 Å². The summed E-state index contributed by atoms with van der Waals surface area (Å²) < 4.78 is 0. The first-order valence-corrected chi connectivity index (χ1v) is 6.45. The van der Waals surface area contributed by atoms with E-state index in [0.717, 1.165) is 11.8 Å². The molecule has 2 unspecified atom stereocenters. The molecule has 0 spiro atoms. The van der Waals surface area contributed by atoms with Crippen LogP contribution in [0.3, 0.4) is 0 Å². The van der Waals surface area contributed by atoms with Gasteiger partial charge in [0.25, 0.3) is 0 Å². The van der Waals surface area contributed by atoms with Crippen LogP contribution >= 0.6 is 0 Å². The second-order valence-corrected chi connectivity index (χ2v) is 5.65. The van der Waals surface area contributed by atoms with Crippen LogP contribution in [0.25, 0.3) is 0 Å². The predicted octanol–water partition coefficient (Wildman–Crippen LogP) is 5.28. The van der Waals surface area contributed by atoms with Gasteiger partial charge >= 0.3 is 0 Å². The Balaban J connectivity index is 4.10. The number of unbranched alkanes of at least 4 members (excludes halogenated alkanes) is 1. The third kappa shape index (κ3) is 4.48. The Morgan fingerprint density at radius 1 is 1.00 bits per heavy atom. The van der Waals surface area contributed by atoms with E-state index in [4.69, 9.17) is 0 Å². The third-order valence-corrected chi connectivity index (χ3v) is 4.00. The summed E-state index contributed by atoms with van der Waals surface area (Å²) in [6.07, 6.45) is 6.82. The molecule has 86 valence electrons. The van der Waals surface area contributed by atoms with Crippen molar-refractivity contribution in [2.24, 2.45) is 17.3 Å². The van der Waals surface area contributed by atoms with Gasteiger partial charge in [-0.3, -0.25) is 0 Å². The second kappa shape index (κ2) is 6.48. The SMILES string of the molecule is CCCCC(C)(C)C(C)C(C)CCC. The highest BCUT2D eigenvalue weighted by Crippen LogP contribution is 2.38. The van der Waals surface area contributed by atoms with E-state index in [0.29, 0.717) is 5.41 Å². The van der Waals surface area contributed by atoms with Crippen LogP contribution in [0.4, 0.5) is 0 Å². The molecule has 0 nitrogen and oxygen atoms in total. The van der Waals surface area contributed by atoms with Crippen molar-refractivity contribution in [2.45, 2.75) is 73.6 Å². The molecule has 0 heteroatoms. The van der Waals surface area contributed by atoms with Gasteiger partial charge in [-0.1, -0.05) is 67.2 Å². The molecule has 0 aromatic heterocycles.